The molecule has 1 aromatic heterocycles. The van der Waals surface area contributed by atoms with Crippen LogP contribution >= 0.6 is 23.2 Å². The van der Waals surface area contributed by atoms with Gasteiger partial charge in [0.05, 0.1) is 13.2 Å². The molecule has 0 aromatic carbocycles. The summed E-state index contributed by atoms with van der Waals surface area (Å²) in [4.78, 5) is 7.61. The van der Waals surface area contributed by atoms with Crippen LogP contribution in [0.4, 0.5) is 0 Å². The number of nitrogens with zero attached hydrogens (tertiary/aromatic N) is 2. The maximum Gasteiger partial charge on any atom is 0.227 e. The smallest absolute Gasteiger partial charge is 0.227 e. The predicted octanol–water partition coefficient (Wildman–Crippen LogP) is 1.95. The van der Waals surface area contributed by atoms with Crippen LogP contribution in [-0.4, -0.2) is 29.3 Å². The van der Waals surface area contributed by atoms with E-state index in [0.717, 1.165) is 13.0 Å². The normalized spacial score (nSPS) is 21.1. The average molecular weight is 235 g/mol. The van der Waals surface area contributed by atoms with E-state index in [4.69, 9.17) is 32.7 Å². The highest BCUT2D eigenvalue weighted by atomic mass is 35.5. The summed E-state index contributed by atoms with van der Waals surface area (Å²) in [5, 5.41) is 0.366. The number of aromatic nitrogens is 2. The second-order valence-electron chi connectivity index (χ2n) is 2.90. The van der Waals surface area contributed by atoms with Crippen LogP contribution in [0, 0.1) is 0 Å². The lowest BCUT2D eigenvalue weighted by molar-refractivity contribution is 0.138. The molecule has 0 aliphatic carbocycles. The second kappa shape index (κ2) is 4.29. The summed E-state index contributed by atoms with van der Waals surface area (Å²) in [7, 11) is 0. The van der Waals surface area contributed by atoms with Gasteiger partial charge in [0.15, 0.2) is 0 Å². The molecule has 0 radical (unpaired) electrons. The highest BCUT2D eigenvalue weighted by Gasteiger charge is 2.18. The van der Waals surface area contributed by atoms with Gasteiger partial charge >= 0.3 is 0 Å². The Morgan fingerprint density at radius 3 is 2.93 bits per heavy atom. The van der Waals surface area contributed by atoms with Crippen molar-refractivity contribution in [1.82, 2.24) is 9.97 Å². The third-order valence-electron chi connectivity index (χ3n) is 1.82. The van der Waals surface area contributed by atoms with Crippen molar-refractivity contribution in [2.24, 2.45) is 0 Å². The van der Waals surface area contributed by atoms with Gasteiger partial charge in [0, 0.05) is 12.5 Å². The largest absolute Gasteiger partial charge is 0.472 e. The SMILES string of the molecule is Clc1cc(OC2CCOC2)nc(Cl)n1. The Morgan fingerprint density at radius 1 is 1.43 bits per heavy atom. The molecule has 1 aliphatic rings. The molecule has 0 saturated carbocycles. The molecule has 0 spiro atoms. The van der Waals surface area contributed by atoms with Gasteiger partial charge in [0.2, 0.25) is 11.2 Å². The summed E-state index contributed by atoms with van der Waals surface area (Å²) >= 11 is 11.3. The minimum absolute atomic E-state index is 0.0389. The maximum absolute atomic E-state index is 5.69. The van der Waals surface area contributed by atoms with E-state index in [1.54, 1.807) is 0 Å². The molecule has 0 amide bonds. The van der Waals surface area contributed by atoms with Gasteiger partial charge in [-0.25, -0.2) is 4.98 Å². The van der Waals surface area contributed by atoms with E-state index in [2.05, 4.69) is 9.97 Å². The molecule has 1 atom stereocenters. The van der Waals surface area contributed by atoms with E-state index in [9.17, 15) is 0 Å². The van der Waals surface area contributed by atoms with E-state index in [1.165, 1.54) is 6.07 Å². The van der Waals surface area contributed by atoms with Gasteiger partial charge in [-0.15, -0.1) is 0 Å². The fourth-order valence-corrected chi connectivity index (χ4v) is 1.60. The Kier molecular flexibility index (Phi) is 3.05. The minimum Gasteiger partial charge on any atom is -0.472 e. The van der Waals surface area contributed by atoms with Crippen LogP contribution in [0.1, 0.15) is 6.42 Å². The Bertz CT molecular complexity index is 309. The monoisotopic (exact) mass is 234 g/mol. The lowest BCUT2D eigenvalue weighted by Crippen LogP contribution is -2.16. The highest BCUT2D eigenvalue weighted by molar-refractivity contribution is 6.31. The summed E-state index contributed by atoms with van der Waals surface area (Å²) in [6.07, 6.45) is 0.899. The first kappa shape index (κ1) is 9.96. The number of halogens is 2. The molecule has 1 aliphatic heterocycles. The van der Waals surface area contributed by atoms with Gasteiger partial charge in [0.1, 0.15) is 11.3 Å². The molecule has 2 heterocycles. The third-order valence-corrected chi connectivity index (χ3v) is 2.18. The molecular weight excluding hydrogens is 227 g/mol. The first-order chi connectivity index (χ1) is 6.74. The van der Waals surface area contributed by atoms with Crippen molar-refractivity contribution in [3.63, 3.8) is 0 Å². The molecule has 1 fully saturated rings. The number of ether oxygens (including phenoxy) is 2. The first-order valence-electron chi connectivity index (χ1n) is 4.18. The summed E-state index contributed by atoms with van der Waals surface area (Å²) in [6, 6.07) is 1.53. The molecule has 4 nitrogen and oxygen atoms in total. The zero-order valence-electron chi connectivity index (χ0n) is 7.24. The van der Waals surface area contributed by atoms with Gasteiger partial charge in [-0.1, -0.05) is 11.6 Å². The van der Waals surface area contributed by atoms with Crippen LogP contribution in [-0.2, 0) is 4.74 Å². The molecule has 76 valence electrons. The molecule has 6 heteroatoms. The summed E-state index contributed by atoms with van der Waals surface area (Å²) in [5.74, 6) is 0.394. The molecule has 0 N–H and O–H groups in total. The van der Waals surface area contributed by atoms with Gasteiger partial charge in [-0.3, -0.25) is 0 Å². The molecule has 1 unspecified atom stereocenters. The van der Waals surface area contributed by atoms with Gasteiger partial charge in [-0.2, -0.15) is 4.98 Å². The lowest BCUT2D eigenvalue weighted by Gasteiger charge is -2.10. The standard InChI is InChI=1S/C8H8Cl2N2O2/c9-6-3-7(12-8(10)11-6)14-5-1-2-13-4-5/h3,5H,1-2,4H2. The second-order valence-corrected chi connectivity index (χ2v) is 3.63. The van der Waals surface area contributed by atoms with Crippen molar-refractivity contribution in [3.05, 3.63) is 16.5 Å². The van der Waals surface area contributed by atoms with Crippen molar-refractivity contribution in [3.8, 4) is 5.88 Å². The highest BCUT2D eigenvalue weighted by Crippen LogP contribution is 2.19. The Balaban J connectivity index is 2.07. The van der Waals surface area contributed by atoms with Crippen molar-refractivity contribution in [1.29, 1.82) is 0 Å². The van der Waals surface area contributed by atoms with Crippen molar-refractivity contribution >= 4 is 23.2 Å². The van der Waals surface area contributed by atoms with Crippen LogP contribution < -0.4 is 4.74 Å². The Morgan fingerprint density at radius 2 is 2.29 bits per heavy atom. The van der Waals surface area contributed by atoms with Crippen LogP contribution in [0.25, 0.3) is 0 Å². The van der Waals surface area contributed by atoms with Crippen LogP contribution in [0.2, 0.25) is 10.4 Å². The van der Waals surface area contributed by atoms with E-state index in [1.807, 2.05) is 0 Å². The topological polar surface area (TPSA) is 44.2 Å². The van der Waals surface area contributed by atoms with Crippen LogP contribution in [0.5, 0.6) is 5.88 Å². The fraction of sp³-hybridized carbons (Fsp3) is 0.500. The van der Waals surface area contributed by atoms with Crippen LogP contribution in [0.15, 0.2) is 6.07 Å². The zero-order chi connectivity index (χ0) is 9.97. The Hall–Kier alpha value is -0.580. The number of hydrogen-bond donors (Lipinski definition) is 0. The maximum atomic E-state index is 5.69. The van der Waals surface area contributed by atoms with E-state index in [-0.39, 0.29) is 16.5 Å². The molecule has 14 heavy (non-hydrogen) atoms. The Labute approximate surface area is 91.2 Å². The number of rotatable bonds is 2. The summed E-state index contributed by atoms with van der Waals surface area (Å²) in [5.41, 5.74) is 0. The fourth-order valence-electron chi connectivity index (χ4n) is 1.21. The molecular formula is C8H8Cl2N2O2. The zero-order valence-corrected chi connectivity index (χ0v) is 8.75. The molecule has 1 saturated heterocycles. The quantitative estimate of drug-likeness (QED) is 0.580. The van der Waals surface area contributed by atoms with Crippen LogP contribution in [0.3, 0.4) is 0 Å². The molecule has 1 aromatic rings. The van der Waals surface area contributed by atoms with Crippen molar-refractivity contribution < 1.29 is 9.47 Å². The lowest BCUT2D eigenvalue weighted by atomic mass is 10.3. The van der Waals surface area contributed by atoms with Crippen molar-refractivity contribution in [2.45, 2.75) is 12.5 Å². The minimum atomic E-state index is 0.0389. The van der Waals surface area contributed by atoms with Gasteiger partial charge in [0.25, 0.3) is 0 Å². The predicted molar refractivity (Wildman–Crippen MR) is 51.9 cm³/mol. The van der Waals surface area contributed by atoms with E-state index >= 15 is 0 Å². The third kappa shape index (κ3) is 2.47. The summed E-state index contributed by atoms with van der Waals surface area (Å²) < 4.78 is 10.6. The number of hydrogen-bond acceptors (Lipinski definition) is 4. The molecule has 0 bridgehead atoms. The summed E-state index contributed by atoms with van der Waals surface area (Å²) in [6.45, 7) is 1.30. The average Bonchev–Trinajstić information content (AvgIpc) is 2.54. The van der Waals surface area contributed by atoms with E-state index < -0.39 is 0 Å². The van der Waals surface area contributed by atoms with Gasteiger partial charge < -0.3 is 9.47 Å². The van der Waals surface area contributed by atoms with Crippen molar-refractivity contribution in [2.75, 3.05) is 13.2 Å². The van der Waals surface area contributed by atoms with Gasteiger partial charge in [-0.05, 0) is 11.6 Å². The first-order valence-corrected chi connectivity index (χ1v) is 4.94. The van der Waals surface area contributed by atoms with E-state index in [0.29, 0.717) is 12.5 Å². The molecule has 2 rings (SSSR count).